The van der Waals surface area contributed by atoms with Gasteiger partial charge in [0.15, 0.2) is 5.82 Å². The van der Waals surface area contributed by atoms with Gasteiger partial charge in [-0.25, -0.2) is 4.68 Å². The van der Waals surface area contributed by atoms with Crippen molar-refractivity contribution in [2.24, 2.45) is 0 Å². The summed E-state index contributed by atoms with van der Waals surface area (Å²) in [6, 6.07) is 15.8. The Bertz CT molecular complexity index is 967. The summed E-state index contributed by atoms with van der Waals surface area (Å²) < 4.78 is 7.07. The molecule has 1 saturated carbocycles. The molecule has 1 heterocycles. The van der Waals surface area contributed by atoms with E-state index in [9.17, 15) is 4.79 Å². The Hall–Kier alpha value is -3.42. The van der Waals surface area contributed by atoms with Crippen molar-refractivity contribution in [3.8, 4) is 17.1 Å². The maximum atomic E-state index is 12.2. The van der Waals surface area contributed by atoms with Gasteiger partial charge < -0.3 is 15.4 Å². The van der Waals surface area contributed by atoms with Crippen LogP contribution in [0.2, 0.25) is 0 Å². The number of anilines is 1. The molecule has 0 bridgehead atoms. The highest BCUT2D eigenvalue weighted by molar-refractivity contribution is 5.81. The molecule has 1 aliphatic carbocycles. The summed E-state index contributed by atoms with van der Waals surface area (Å²) in [5.74, 6) is 1.44. The van der Waals surface area contributed by atoms with E-state index in [-0.39, 0.29) is 12.5 Å². The maximum absolute atomic E-state index is 12.2. The lowest BCUT2D eigenvalue weighted by molar-refractivity contribution is -0.119. The molecule has 0 spiro atoms. The van der Waals surface area contributed by atoms with Crippen molar-refractivity contribution in [3.63, 3.8) is 0 Å². The van der Waals surface area contributed by atoms with Crippen molar-refractivity contribution < 1.29 is 9.53 Å². The summed E-state index contributed by atoms with van der Waals surface area (Å²) in [6.45, 7) is 0.634. The van der Waals surface area contributed by atoms with Gasteiger partial charge in [-0.3, -0.25) is 4.79 Å². The van der Waals surface area contributed by atoms with Crippen LogP contribution in [0.5, 0.6) is 5.75 Å². The van der Waals surface area contributed by atoms with Crippen LogP contribution in [0, 0.1) is 0 Å². The first-order chi connectivity index (χ1) is 13.7. The molecule has 1 fully saturated rings. The number of amides is 1. The fourth-order valence-electron chi connectivity index (χ4n) is 2.94. The number of aromatic nitrogens is 4. The molecule has 8 nitrogen and oxygen atoms in total. The Kier molecular flexibility index (Phi) is 5.18. The molecule has 0 aliphatic heterocycles. The number of ether oxygens (including phenoxy) is 1. The van der Waals surface area contributed by atoms with E-state index in [4.69, 9.17) is 4.74 Å². The standard InChI is InChI=1S/C20H22N6O2/c1-28-18-7-2-4-14(10-18)12-22-19(27)13-21-16-6-3-5-15(11-16)20-23-24-25-26(20)17-8-9-17/h2-7,10-11,17,21H,8-9,12-13H2,1H3,(H,22,27). The summed E-state index contributed by atoms with van der Waals surface area (Å²) in [5.41, 5.74) is 2.76. The lowest BCUT2D eigenvalue weighted by atomic mass is 10.2. The summed E-state index contributed by atoms with van der Waals surface area (Å²) in [7, 11) is 1.62. The lowest BCUT2D eigenvalue weighted by Gasteiger charge is -2.10. The summed E-state index contributed by atoms with van der Waals surface area (Å²) in [5, 5.41) is 18.1. The average Bonchev–Trinajstić information content (AvgIpc) is 3.47. The Morgan fingerprint density at radius 1 is 1.21 bits per heavy atom. The molecular weight excluding hydrogens is 356 g/mol. The van der Waals surface area contributed by atoms with Gasteiger partial charge in [0.1, 0.15) is 5.75 Å². The minimum atomic E-state index is -0.0870. The highest BCUT2D eigenvalue weighted by atomic mass is 16.5. The van der Waals surface area contributed by atoms with E-state index in [2.05, 4.69) is 26.2 Å². The molecule has 2 aromatic carbocycles. The van der Waals surface area contributed by atoms with Crippen LogP contribution in [0.25, 0.3) is 11.4 Å². The average molecular weight is 378 g/mol. The number of nitrogens with one attached hydrogen (secondary N) is 2. The third-order valence-corrected chi connectivity index (χ3v) is 4.58. The number of methoxy groups -OCH3 is 1. The van der Waals surface area contributed by atoms with Gasteiger partial charge in [-0.05, 0) is 53.1 Å². The third-order valence-electron chi connectivity index (χ3n) is 4.58. The zero-order valence-electron chi connectivity index (χ0n) is 15.6. The first-order valence-corrected chi connectivity index (χ1v) is 9.25. The molecule has 4 rings (SSSR count). The molecule has 2 N–H and O–H groups in total. The second-order valence-electron chi connectivity index (χ2n) is 6.74. The second-order valence-corrected chi connectivity index (χ2v) is 6.74. The van der Waals surface area contributed by atoms with Gasteiger partial charge in [0.05, 0.1) is 19.7 Å². The van der Waals surface area contributed by atoms with Crippen molar-refractivity contribution in [2.75, 3.05) is 19.0 Å². The van der Waals surface area contributed by atoms with Gasteiger partial charge in [0.2, 0.25) is 5.91 Å². The molecule has 1 aromatic heterocycles. The molecule has 1 amide bonds. The van der Waals surface area contributed by atoms with Crippen LogP contribution in [0.3, 0.4) is 0 Å². The van der Waals surface area contributed by atoms with E-state index >= 15 is 0 Å². The van der Waals surface area contributed by atoms with Gasteiger partial charge >= 0.3 is 0 Å². The number of hydrogen-bond acceptors (Lipinski definition) is 6. The Morgan fingerprint density at radius 3 is 2.89 bits per heavy atom. The number of benzene rings is 2. The van der Waals surface area contributed by atoms with Crippen LogP contribution in [0.4, 0.5) is 5.69 Å². The number of hydrogen-bond donors (Lipinski definition) is 2. The third kappa shape index (κ3) is 4.28. The summed E-state index contributed by atoms with van der Waals surface area (Å²) >= 11 is 0. The van der Waals surface area contributed by atoms with Crippen molar-refractivity contribution in [2.45, 2.75) is 25.4 Å². The number of nitrogens with zero attached hydrogens (tertiary/aromatic N) is 4. The minimum Gasteiger partial charge on any atom is -0.497 e. The van der Waals surface area contributed by atoms with Crippen molar-refractivity contribution in [1.29, 1.82) is 0 Å². The zero-order valence-corrected chi connectivity index (χ0v) is 15.6. The Balaban J connectivity index is 1.33. The Morgan fingerprint density at radius 2 is 2.07 bits per heavy atom. The van der Waals surface area contributed by atoms with E-state index in [0.29, 0.717) is 12.6 Å². The van der Waals surface area contributed by atoms with E-state index in [1.54, 1.807) is 7.11 Å². The molecule has 0 saturated heterocycles. The first-order valence-electron chi connectivity index (χ1n) is 9.25. The van der Waals surface area contributed by atoms with Crippen LogP contribution in [-0.2, 0) is 11.3 Å². The van der Waals surface area contributed by atoms with Gasteiger partial charge in [-0.2, -0.15) is 0 Å². The number of tetrazole rings is 1. The smallest absolute Gasteiger partial charge is 0.239 e. The molecule has 0 atom stereocenters. The molecule has 1 aliphatic rings. The summed E-state index contributed by atoms with van der Waals surface area (Å²) in [4.78, 5) is 12.2. The molecule has 3 aromatic rings. The van der Waals surface area contributed by atoms with Crippen LogP contribution in [-0.4, -0.2) is 39.8 Å². The molecule has 144 valence electrons. The predicted octanol–water partition coefficient (Wildman–Crippen LogP) is 2.41. The maximum Gasteiger partial charge on any atom is 0.239 e. The predicted molar refractivity (Wildman–Crippen MR) is 105 cm³/mol. The van der Waals surface area contributed by atoms with Crippen LogP contribution >= 0.6 is 0 Å². The molecule has 8 heteroatoms. The molecule has 28 heavy (non-hydrogen) atoms. The van der Waals surface area contributed by atoms with Crippen LogP contribution < -0.4 is 15.4 Å². The van der Waals surface area contributed by atoms with Gasteiger partial charge in [-0.15, -0.1) is 5.10 Å². The molecule has 0 radical (unpaired) electrons. The molecular formula is C20H22N6O2. The van der Waals surface area contributed by atoms with E-state index in [1.807, 2.05) is 53.2 Å². The highest BCUT2D eigenvalue weighted by Gasteiger charge is 2.28. The monoisotopic (exact) mass is 378 g/mol. The van der Waals surface area contributed by atoms with E-state index in [0.717, 1.165) is 41.2 Å². The summed E-state index contributed by atoms with van der Waals surface area (Å²) in [6.07, 6.45) is 2.23. The number of carbonyl (C=O) groups excluding carboxylic acids is 1. The number of carbonyl (C=O) groups is 1. The lowest BCUT2D eigenvalue weighted by Crippen LogP contribution is -2.29. The normalized spacial score (nSPS) is 13.2. The first kappa shape index (κ1) is 18.0. The van der Waals surface area contributed by atoms with Crippen molar-refractivity contribution >= 4 is 11.6 Å². The van der Waals surface area contributed by atoms with Crippen molar-refractivity contribution in [1.82, 2.24) is 25.5 Å². The Labute approximate surface area is 162 Å². The minimum absolute atomic E-state index is 0.0870. The van der Waals surface area contributed by atoms with Crippen LogP contribution in [0.15, 0.2) is 48.5 Å². The number of rotatable bonds is 8. The van der Waals surface area contributed by atoms with Crippen LogP contribution in [0.1, 0.15) is 24.4 Å². The van der Waals surface area contributed by atoms with E-state index < -0.39 is 0 Å². The van der Waals surface area contributed by atoms with Gasteiger partial charge in [0, 0.05) is 17.8 Å². The van der Waals surface area contributed by atoms with Gasteiger partial charge in [0.25, 0.3) is 0 Å². The largest absolute Gasteiger partial charge is 0.497 e. The fraction of sp³-hybridized carbons (Fsp3) is 0.300. The fourth-order valence-corrected chi connectivity index (χ4v) is 2.94. The SMILES string of the molecule is COc1cccc(CNC(=O)CNc2cccc(-c3nnnn3C3CC3)c2)c1. The second kappa shape index (κ2) is 8.08. The quantitative estimate of drug-likeness (QED) is 0.625. The topological polar surface area (TPSA) is 94.0 Å². The zero-order chi connectivity index (χ0) is 19.3. The molecule has 0 unspecified atom stereocenters. The highest BCUT2D eigenvalue weighted by Crippen LogP contribution is 2.36. The van der Waals surface area contributed by atoms with Gasteiger partial charge in [-0.1, -0.05) is 24.3 Å². The van der Waals surface area contributed by atoms with E-state index in [1.165, 1.54) is 0 Å². The van der Waals surface area contributed by atoms with Crippen molar-refractivity contribution in [3.05, 3.63) is 54.1 Å².